The second-order valence-electron chi connectivity index (χ2n) is 6.07. The molecule has 0 aliphatic heterocycles. The number of guanidine groups is 1. The predicted molar refractivity (Wildman–Crippen MR) is 88.6 cm³/mol. The number of nitrogens with one attached hydrogen (secondary N) is 1. The minimum absolute atomic E-state index is 0.127. The molecule has 0 saturated heterocycles. The summed E-state index contributed by atoms with van der Waals surface area (Å²) in [6.07, 6.45) is 2.38. The van der Waals surface area contributed by atoms with E-state index in [4.69, 9.17) is 4.98 Å². The molecule has 0 radical (unpaired) electrons. The molecule has 0 aromatic carbocycles. The number of nitrogens with zero attached hydrogens (tertiary/aromatic N) is 3. The maximum atomic E-state index is 4.69. The Morgan fingerprint density at radius 1 is 1.45 bits per heavy atom. The summed E-state index contributed by atoms with van der Waals surface area (Å²) in [6, 6.07) is 0. The van der Waals surface area contributed by atoms with E-state index < -0.39 is 0 Å². The summed E-state index contributed by atoms with van der Waals surface area (Å²) in [4.78, 5) is 11.2. The molecule has 0 saturated carbocycles. The molecule has 1 aromatic rings. The highest BCUT2D eigenvalue weighted by molar-refractivity contribution is 7.09. The first kappa shape index (κ1) is 17.0. The fourth-order valence-electron chi connectivity index (χ4n) is 1.79. The number of aliphatic imine (C=N–C) groups is 1. The molecule has 5 heteroatoms. The van der Waals surface area contributed by atoms with Crippen molar-refractivity contribution >= 4 is 17.3 Å². The fraction of sp³-hybridized carbons (Fsp3) is 0.733. The van der Waals surface area contributed by atoms with Gasteiger partial charge in [-0.05, 0) is 6.42 Å². The van der Waals surface area contributed by atoms with Crippen LogP contribution >= 0.6 is 11.3 Å². The summed E-state index contributed by atoms with van der Waals surface area (Å²) in [5, 5.41) is 6.70. The van der Waals surface area contributed by atoms with Crippen LogP contribution in [-0.2, 0) is 12.0 Å². The number of rotatable bonds is 5. The van der Waals surface area contributed by atoms with Crippen molar-refractivity contribution in [2.45, 2.75) is 52.5 Å². The third kappa shape index (κ3) is 5.12. The Hall–Kier alpha value is -1.10. The van der Waals surface area contributed by atoms with E-state index in [0.717, 1.165) is 24.7 Å². The first-order valence-corrected chi connectivity index (χ1v) is 8.13. The van der Waals surface area contributed by atoms with E-state index in [1.807, 2.05) is 7.05 Å². The molecule has 1 heterocycles. The van der Waals surface area contributed by atoms with E-state index >= 15 is 0 Å². The number of unbranched alkanes of at least 4 members (excludes halogenated alkanes) is 1. The van der Waals surface area contributed by atoms with Crippen LogP contribution in [0.1, 0.15) is 51.2 Å². The molecule has 1 rings (SSSR count). The van der Waals surface area contributed by atoms with Crippen molar-refractivity contribution in [3.05, 3.63) is 16.1 Å². The Labute approximate surface area is 127 Å². The maximum Gasteiger partial charge on any atom is 0.193 e. The van der Waals surface area contributed by atoms with Crippen LogP contribution in [0.25, 0.3) is 0 Å². The van der Waals surface area contributed by atoms with Crippen LogP contribution in [-0.4, -0.2) is 36.5 Å². The SMILES string of the molecule is CCCCN(C)C(=NC)NCc1csc(C(C)(C)C)n1. The summed E-state index contributed by atoms with van der Waals surface area (Å²) in [6.45, 7) is 10.5. The van der Waals surface area contributed by atoms with Crippen LogP contribution in [0, 0.1) is 0 Å². The number of thiazole rings is 1. The Morgan fingerprint density at radius 2 is 2.15 bits per heavy atom. The molecule has 0 fully saturated rings. The van der Waals surface area contributed by atoms with E-state index in [1.54, 1.807) is 11.3 Å². The second-order valence-corrected chi connectivity index (χ2v) is 6.93. The maximum absolute atomic E-state index is 4.69. The lowest BCUT2D eigenvalue weighted by molar-refractivity contribution is 0.464. The average molecular weight is 296 g/mol. The van der Waals surface area contributed by atoms with Gasteiger partial charge in [0.1, 0.15) is 0 Å². The van der Waals surface area contributed by atoms with Gasteiger partial charge in [-0.1, -0.05) is 34.1 Å². The van der Waals surface area contributed by atoms with Crippen molar-refractivity contribution in [1.82, 2.24) is 15.2 Å². The van der Waals surface area contributed by atoms with Gasteiger partial charge in [-0.15, -0.1) is 11.3 Å². The third-order valence-electron chi connectivity index (χ3n) is 3.04. The van der Waals surface area contributed by atoms with Crippen LogP contribution in [0.15, 0.2) is 10.4 Å². The summed E-state index contributed by atoms with van der Waals surface area (Å²) in [7, 11) is 3.90. The molecule has 4 nitrogen and oxygen atoms in total. The van der Waals surface area contributed by atoms with Crippen molar-refractivity contribution in [3.63, 3.8) is 0 Å². The third-order valence-corrected chi connectivity index (χ3v) is 4.36. The van der Waals surface area contributed by atoms with Crippen LogP contribution in [0.5, 0.6) is 0 Å². The average Bonchev–Trinajstić information content (AvgIpc) is 2.85. The van der Waals surface area contributed by atoms with Gasteiger partial charge in [-0.2, -0.15) is 0 Å². The first-order chi connectivity index (χ1) is 9.38. The van der Waals surface area contributed by atoms with Crippen LogP contribution in [0.4, 0.5) is 0 Å². The summed E-state index contributed by atoms with van der Waals surface area (Å²) >= 11 is 1.73. The van der Waals surface area contributed by atoms with Gasteiger partial charge < -0.3 is 10.2 Å². The van der Waals surface area contributed by atoms with Crippen molar-refractivity contribution in [3.8, 4) is 0 Å². The Kier molecular flexibility index (Phi) is 6.46. The van der Waals surface area contributed by atoms with Gasteiger partial charge in [0.2, 0.25) is 0 Å². The molecule has 0 spiro atoms. The number of hydrogen-bond acceptors (Lipinski definition) is 3. The molecule has 114 valence electrons. The van der Waals surface area contributed by atoms with Gasteiger partial charge >= 0.3 is 0 Å². The lowest BCUT2D eigenvalue weighted by Gasteiger charge is -2.21. The zero-order chi connectivity index (χ0) is 15.2. The van der Waals surface area contributed by atoms with Gasteiger partial charge in [-0.25, -0.2) is 4.98 Å². The van der Waals surface area contributed by atoms with Crippen LogP contribution < -0.4 is 5.32 Å². The highest BCUT2D eigenvalue weighted by atomic mass is 32.1. The van der Waals surface area contributed by atoms with Gasteiger partial charge in [0.05, 0.1) is 17.2 Å². The molecule has 0 amide bonds. The van der Waals surface area contributed by atoms with Crippen molar-refractivity contribution in [2.24, 2.45) is 4.99 Å². The predicted octanol–water partition coefficient (Wildman–Crippen LogP) is 3.25. The fourth-order valence-corrected chi connectivity index (χ4v) is 2.70. The van der Waals surface area contributed by atoms with E-state index in [2.05, 4.69) is 55.3 Å². The van der Waals surface area contributed by atoms with E-state index in [0.29, 0.717) is 0 Å². The molecule has 0 aliphatic rings. The van der Waals surface area contributed by atoms with Crippen molar-refractivity contribution in [1.29, 1.82) is 0 Å². The molecular formula is C15H28N4S. The van der Waals surface area contributed by atoms with Gasteiger partial charge in [0.25, 0.3) is 0 Å². The molecule has 0 atom stereocenters. The minimum Gasteiger partial charge on any atom is -0.351 e. The van der Waals surface area contributed by atoms with Crippen LogP contribution in [0.3, 0.4) is 0 Å². The largest absolute Gasteiger partial charge is 0.351 e. The number of aromatic nitrogens is 1. The Balaban J connectivity index is 2.55. The molecule has 20 heavy (non-hydrogen) atoms. The molecule has 0 unspecified atom stereocenters. The second kappa shape index (κ2) is 7.62. The monoisotopic (exact) mass is 296 g/mol. The summed E-state index contributed by atoms with van der Waals surface area (Å²) < 4.78 is 0. The zero-order valence-electron chi connectivity index (χ0n) is 13.7. The van der Waals surface area contributed by atoms with E-state index in [9.17, 15) is 0 Å². The summed E-state index contributed by atoms with van der Waals surface area (Å²) in [5.74, 6) is 0.934. The molecule has 1 N–H and O–H groups in total. The zero-order valence-corrected chi connectivity index (χ0v) is 14.5. The van der Waals surface area contributed by atoms with Crippen molar-refractivity contribution in [2.75, 3.05) is 20.6 Å². The first-order valence-electron chi connectivity index (χ1n) is 7.25. The van der Waals surface area contributed by atoms with E-state index in [1.165, 1.54) is 17.8 Å². The Bertz CT molecular complexity index is 431. The lowest BCUT2D eigenvalue weighted by atomic mass is 9.98. The minimum atomic E-state index is 0.127. The molecular weight excluding hydrogens is 268 g/mol. The highest BCUT2D eigenvalue weighted by Crippen LogP contribution is 2.25. The normalized spacial score (nSPS) is 12.6. The van der Waals surface area contributed by atoms with Gasteiger partial charge in [0, 0.05) is 31.4 Å². The highest BCUT2D eigenvalue weighted by Gasteiger charge is 2.18. The van der Waals surface area contributed by atoms with Crippen molar-refractivity contribution < 1.29 is 0 Å². The summed E-state index contributed by atoms with van der Waals surface area (Å²) in [5.41, 5.74) is 1.22. The quantitative estimate of drug-likeness (QED) is 0.670. The smallest absolute Gasteiger partial charge is 0.193 e. The lowest BCUT2D eigenvalue weighted by Crippen LogP contribution is -2.39. The number of hydrogen-bond donors (Lipinski definition) is 1. The van der Waals surface area contributed by atoms with Gasteiger partial charge in [0.15, 0.2) is 5.96 Å². The van der Waals surface area contributed by atoms with Gasteiger partial charge in [-0.3, -0.25) is 4.99 Å². The molecule has 0 bridgehead atoms. The standard InChI is InChI=1S/C15H28N4S/c1-7-8-9-19(6)14(16-5)17-10-12-11-20-13(18-12)15(2,3)4/h11H,7-10H2,1-6H3,(H,16,17). The molecule has 0 aliphatic carbocycles. The molecule has 1 aromatic heterocycles. The Morgan fingerprint density at radius 3 is 2.65 bits per heavy atom. The van der Waals surface area contributed by atoms with Crippen LogP contribution in [0.2, 0.25) is 0 Å². The topological polar surface area (TPSA) is 40.5 Å². The van der Waals surface area contributed by atoms with E-state index in [-0.39, 0.29) is 5.41 Å².